The molecular weight excluding hydrogens is 218 g/mol. The number of rotatable bonds is 4. The van der Waals surface area contributed by atoms with Crippen LogP contribution in [0.25, 0.3) is 0 Å². The molecule has 0 aliphatic heterocycles. The number of phenolic OH excluding ortho intramolecular Hbond substituents is 1. The van der Waals surface area contributed by atoms with E-state index >= 15 is 0 Å². The third kappa shape index (κ3) is 4.24. The SMILES string of the molecule is COc1ccc(O)c(C(C)NOC(C)(C)C)c1. The lowest BCUT2D eigenvalue weighted by molar-refractivity contribution is -0.0868. The summed E-state index contributed by atoms with van der Waals surface area (Å²) in [7, 11) is 1.60. The van der Waals surface area contributed by atoms with Crippen LogP contribution in [0.5, 0.6) is 11.5 Å². The van der Waals surface area contributed by atoms with E-state index in [-0.39, 0.29) is 17.4 Å². The molecule has 0 aliphatic carbocycles. The van der Waals surface area contributed by atoms with Crippen LogP contribution in [-0.4, -0.2) is 17.8 Å². The van der Waals surface area contributed by atoms with E-state index in [1.807, 2.05) is 27.7 Å². The first-order valence-corrected chi connectivity index (χ1v) is 5.64. The van der Waals surface area contributed by atoms with Crippen LogP contribution < -0.4 is 10.2 Å². The van der Waals surface area contributed by atoms with Crippen molar-refractivity contribution in [3.05, 3.63) is 23.8 Å². The summed E-state index contributed by atoms with van der Waals surface area (Å²) in [5, 5.41) is 9.78. The minimum Gasteiger partial charge on any atom is -0.508 e. The standard InChI is InChI=1S/C13H21NO3/c1-9(14-17-13(2,3)4)11-8-10(16-5)6-7-12(11)15/h6-9,14-15H,1-5H3. The Morgan fingerprint density at radius 1 is 1.29 bits per heavy atom. The summed E-state index contributed by atoms with van der Waals surface area (Å²) in [5.41, 5.74) is 3.38. The molecule has 4 heteroatoms. The Balaban J connectivity index is 2.77. The van der Waals surface area contributed by atoms with Gasteiger partial charge in [-0.1, -0.05) is 0 Å². The number of methoxy groups -OCH3 is 1. The summed E-state index contributed by atoms with van der Waals surface area (Å²) >= 11 is 0. The number of nitrogens with one attached hydrogen (secondary N) is 1. The Kier molecular flexibility index (Phi) is 4.37. The van der Waals surface area contributed by atoms with Crippen LogP contribution in [0, 0.1) is 0 Å². The molecule has 0 radical (unpaired) electrons. The summed E-state index contributed by atoms with van der Waals surface area (Å²) in [6, 6.07) is 5.00. The second-order valence-corrected chi connectivity index (χ2v) is 4.98. The molecule has 0 aliphatic rings. The first-order valence-electron chi connectivity index (χ1n) is 5.64. The van der Waals surface area contributed by atoms with Crippen molar-refractivity contribution in [1.29, 1.82) is 0 Å². The Morgan fingerprint density at radius 2 is 1.94 bits per heavy atom. The molecule has 0 spiro atoms. The van der Waals surface area contributed by atoms with Gasteiger partial charge in [0, 0.05) is 5.56 Å². The highest BCUT2D eigenvalue weighted by molar-refractivity contribution is 5.40. The van der Waals surface area contributed by atoms with Crippen LogP contribution in [0.3, 0.4) is 0 Å². The van der Waals surface area contributed by atoms with E-state index in [0.717, 1.165) is 5.56 Å². The largest absolute Gasteiger partial charge is 0.508 e. The van der Waals surface area contributed by atoms with Crippen molar-refractivity contribution >= 4 is 0 Å². The van der Waals surface area contributed by atoms with Gasteiger partial charge in [0.25, 0.3) is 0 Å². The molecule has 0 saturated carbocycles. The molecule has 96 valence electrons. The zero-order valence-electron chi connectivity index (χ0n) is 11.1. The monoisotopic (exact) mass is 239 g/mol. The number of aromatic hydroxyl groups is 1. The molecule has 1 unspecified atom stereocenters. The molecule has 0 fully saturated rings. The fourth-order valence-corrected chi connectivity index (χ4v) is 1.34. The highest BCUT2D eigenvalue weighted by Crippen LogP contribution is 2.28. The molecule has 1 rings (SSSR count). The summed E-state index contributed by atoms with van der Waals surface area (Å²) in [4.78, 5) is 5.47. The van der Waals surface area contributed by atoms with Gasteiger partial charge >= 0.3 is 0 Å². The van der Waals surface area contributed by atoms with Gasteiger partial charge in [0.15, 0.2) is 0 Å². The van der Waals surface area contributed by atoms with E-state index in [2.05, 4.69) is 5.48 Å². The predicted octanol–water partition coefficient (Wildman–Crippen LogP) is 2.78. The van der Waals surface area contributed by atoms with Crippen molar-refractivity contribution in [1.82, 2.24) is 5.48 Å². The Hall–Kier alpha value is -1.26. The first-order chi connectivity index (χ1) is 7.83. The van der Waals surface area contributed by atoms with Crippen LogP contribution in [0.2, 0.25) is 0 Å². The van der Waals surface area contributed by atoms with Crippen LogP contribution in [0.15, 0.2) is 18.2 Å². The van der Waals surface area contributed by atoms with Gasteiger partial charge in [-0.25, -0.2) is 0 Å². The van der Waals surface area contributed by atoms with Crippen LogP contribution in [-0.2, 0) is 4.84 Å². The van der Waals surface area contributed by atoms with Crippen LogP contribution in [0.1, 0.15) is 39.3 Å². The van der Waals surface area contributed by atoms with E-state index < -0.39 is 0 Å². The van der Waals surface area contributed by atoms with Crippen molar-refractivity contribution in [2.75, 3.05) is 7.11 Å². The third-order valence-corrected chi connectivity index (χ3v) is 2.24. The quantitative estimate of drug-likeness (QED) is 0.793. The number of hydrogen-bond donors (Lipinski definition) is 2. The molecule has 1 aromatic carbocycles. The lowest BCUT2D eigenvalue weighted by Gasteiger charge is -2.23. The molecule has 0 amide bonds. The van der Waals surface area contributed by atoms with Gasteiger partial charge in [-0.3, -0.25) is 4.84 Å². The highest BCUT2D eigenvalue weighted by atomic mass is 16.7. The Morgan fingerprint density at radius 3 is 2.47 bits per heavy atom. The van der Waals surface area contributed by atoms with Crippen molar-refractivity contribution in [2.24, 2.45) is 0 Å². The van der Waals surface area contributed by atoms with E-state index in [4.69, 9.17) is 9.57 Å². The average Bonchev–Trinajstić information content (AvgIpc) is 2.25. The maximum absolute atomic E-state index is 9.78. The number of benzene rings is 1. The maximum Gasteiger partial charge on any atom is 0.120 e. The summed E-state index contributed by atoms with van der Waals surface area (Å²) in [6.07, 6.45) is 0. The average molecular weight is 239 g/mol. The highest BCUT2D eigenvalue weighted by Gasteiger charge is 2.16. The second kappa shape index (κ2) is 5.38. The van der Waals surface area contributed by atoms with Gasteiger partial charge in [0.05, 0.1) is 18.8 Å². The van der Waals surface area contributed by atoms with Gasteiger partial charge in [-0.2, -0.15) is 5.48 Å². The number of ether oxygens (including phenoxy) is 1. The first kappa shape index (κ1) is 13.8. The lowest BCUT2D eigenvalue weighted by Crippen LogP contribution is -2.31. The van der Waals surface area contributed by atoms with Crippen molar-refractivity contribution in [3.8, 4) is 11.5 Å². The van der Waals surface area contributed by atoms with Crippen molar-refractivity contribution in [2.45, 2.75) is 39.3 Å². The van der Waals surface area contributed by atoms with Crippen molar-refractivity contribution in [3.63, 3.8) is 0 Å². The number of hydrogen-bond acceptors (Lipinski definition) is 4. The molecule has 0 aromatic heterocycles. The molecule has 1 aromatic rings. The molecule has 2 N–H and O–H groups in total. The van der Waals surface area contributed by atoms with Gasteiger partial charge < -0.3 is 9.84 Å². The fraction of sp³-hybridized carbons (Fsp3) is 0.538. The number of phenols is 1. The van der Waals surface area contributed by atoms with Crippen LogP contribution in [0.4, 0.5) is 0 Å². The number of hydroxylamine groups is 1. The normalized spacial score (nSPS) is 13.5. The molecule has 0 bridgehead atoms. The zero-order chi connectivity index (χ0) is 13.1. The lowest BCUT2D eigenvalue weighted by atomic mass is 10.1. The van der Waals surface area contributed by atoms with Gasteiger partial charge in [-0.15, -0.1) is 0 Å². The minimum atomic E-state index is -0.275. The fourth-order valence-electron chi connectivity index (χ4n) is 1.34. The van der Waals surface area contributed by atoms with E-state index in [9.17, 15) is 5.11 Å². The minimum absolute atomic E-state index is 0.121. The molecular formula is C13H21NO3. The Labute approximate surface area is 103 Å². The second-order valence-electron chi connectivity index (χ2n) is 4.98. The van der Waals surface area contributed by atoms with Gasteiger partial charge in [0.2, 0.25) is 0 Å². The third-order valence-electron chi connectivity index (χ3n) is 2.24. The molecule has 0 heterocycles. The summed E-state index contributed by atoms with van der Waals surface area (Å²) in [6.45, 7) is 7.79. The molecule has 0 saturated heterocycles. The summed E-state index contributed by atoms with van der Waals surface area (Å²) in [5.74, 6) is 0.936. The topological polar surface area (TPSA) is 50.7 Å². The van der Waals surface area contributed by atoms with Crippen molar-refractivity contribution < 1.29 is 14.7 Å². The van der Waals surface area contributed by atoms with Gasteiger partial charge in [0.1, 0.15) is 11.5 Å². The zero-order valence-corrected chi connectivity index (χ0v) is 11.1. The van der Waals surface area contributed by atoms with E-state index in [1.165, 1.54) is 0 Å². The molecule has 1 atom stereocenters. The van der Waals surface area contributed by atoms with E-state index in [0.29, 0.717) is 5.75 Å². The maximum atomic E-state index is 9.78. The van der Waals surface area contributed by atoms with E-state index in [1.54, 1.807) is 25.3 Å². The predicted molar refractivity (Wildman–Crippen MR) is 67.0 cm³/mol. The molecule has 4 nitrogen and oxygen atoms in total. The van der Waals surface area contributed by atoms with Crippen LogP contribution >= 0.6 is 0 Å². The van der Waals surface area contributed by atoms with Gasteiger partial charge in [-0.05, 0) is 45.9 Å². The Bertz CT molecular complexity index is 371. The summed E-state index contributed by atoms with van der Waals surface area (Å²) < 4.78 is 5.13. The molecule has 17 heavy (non-hydrogen) atoms. The smallest absolute Gasteiger partial charge is 0.120 e.